The smallest absolute Gasteiger partial charge is 0.414 e. The van der Waals surface area contributed by atoms with Crippen LogP contribution in [0, 0.1) is 18.0 Å². The number of piperidine rings is 3. The second-order valence-electron chi connectivity index (χ2n) is 12.7. The summed E-state index contributed by atoms with van der Waals surface area (Å²) in [7, 11) is 3.04. The van der Waals surface area contributed by atoms with Crippen LogP contribution in [0.5, 0.6) is 11.5 Å². The van der Waals surface area contributed by atoms with Crippen molar-refractivity contribution in [2.24, 2.45) is 5.92 Å². The van der Waals surface area contributed by atoms with E-state index < -0.39 is 18.2 Å². The maximum Gasteiger partial charge on any atom is 0.414 e. The summed E-state index contributed by atoms with van der Waals surface area (Å²) in [6, 6.07) is 19.9. The van der Waals surface area contributed by atoms with Crippen molar-refractivity contribution in [3.63, 3.8) is 0 Å². The molecule has 10 nitrogen and oxygen atoms in total. The van der Waals surface area contributed by atoms with E-state index in [0.29, 0.717) is 38.8 Å². The number of ether oxygens (including phenoxy) is 4. The number of fused-ring (bicyclic) bond motifs is 3. The molecule has 0 radical (unpaired) electrons. The third-order valence-corrected chi connectivity index (χ3v) is 10.0. The van der Waals surface area contributed by atoms with Gasteiger partial charge in [-0.1, -0.05) is 53.5 Å². The van der Waals surface area contributed by atoms with Crippen molar-refractivity contribution < 1.29 is 33.3 Å². The van der Waals surface area contributed by atoms with E-state index in [-0.39, 0.29) is 29.1 Å². The van der Waals surface area contributed by atoms with Crippen molar-refractivity contribution in [3.8, 4) is 11.5 Å². The highest BCUT2D eigenvalue weighted by atomic mass is 35.5. The number of esters is 1. The molecule has 3 aliphatic heterocycles. The summed E-state index contributed by atoms with van der Waals surface area (Å²) in [4.78, 5) is 31.3. The van der Waals surface area contributed by atoms with Crippen molar-refractivity contribution in [2.75, 3.05) is 38.8 Å². The fraction of sp³-hybridized carbons (Fsp3) is 0.342. The van der Waals surface area contributed by atoms with E-state index in [1.165, 1.54) is 26.6 Å². The normalized spacial score (nSPS) is 18.6. The van der Waals surface area contributed by atoms with Gasteiger partial charge in [-0.2, -0.15) is 4.73 Å². The largest absolute Gasteiger partial charge is 0.619 e. The number of amides is 1. The minimum Gasteiger partial charge on any atom is -0.619 e. The van der Waals surface area contributed by atoms with Gasteiger partial charge in [0.05, 0.1) is 26.3 Å². The fourth-order valence-corrected chi connectivity index (χ4v) is 7.21. The third-order valence-electron chi connectivity index (χ3n) is 9.39. The highest BCUT2D eigenvalue weighted by molar-refractivity contribution is 6.35. The van der Waals surface area contributed by atoms with Gasteiger partial charge in [-0.15, -0.1) is 0 Å². The van der Waals surface area contributed by atoms with Crippen LogP contribution in [0.4, 0.5) is 10.5 Å². The number of carbonyl (C=O) groups is 2. The fourth-order valence-electron chi connectivity index (χ4n) is 6.61. The van der Waals surface area contributed by atoms with Crippen LogP contribution in [0.1, 0.15) is 51.6 Å². The van der Waals surface area contributed by atoms with Crippen LogP contribution in [0.2, 0.25) is 10.0 Å². The van der Waals surface area contributed by atoms with Crippen LogP contribution >= 0.6 is 23.2 Å². The monoisotopic (exact) mass is 719 g/mol. The predicted octanol–water partition coefficient (Wildman–Crippen LogP) is 7.33. The Balaban J connectivity index is 1.22. The number of hydrogen-bond acceptors (Lipinski definition) is 8. The number of benzene rings is 3. The summed E-state index contributed by atoms with van der Waals surface area (Å²) in [5, 5.41) is 12.2. The van der Waals surface area contributed by atoms with Crippen LogP contribution in [0.25, 0.3) is 0 Å². The third kappa shape index (κ3) is 8.09. The van der Waals surface area contributed by atoms with Gasteiger partial charge >= 0.3 is 12.1 Å². The van der Waals surface area contributed by atoms with Gasteiger partial charge in [-0.25, -0.2) is 9.59 Å². The predicted molar refractivity (Wildman–Crippen MR) is 190 cm³/mol. The molecule has 4 heterocycles. The Morgan fingerprint density at radius 1 is 0.960 bits per heavy atom. The van der Waals surface area contributed by atoms with Crippen molar-refractivity contribution in [1.29, 1.82) is 0 Å². The summed E-state index contributed by atoms with van der Waals surface area (Å²) in [5.41, 5.74) is 3.92. The first-order chi connectivity index (χ1) is 24.1. The summed E-state index contributed by atoms with van der Waals surface area (Å²) >= 11 is 12.8. The minimum absolute atomic E-state index is 0.0883. The minimum atomic E-state index is -0.850. The van der Waals surface area contributed by atoms with E-state index in [4.69, 9.17) is 42.1 Å². The van der Waals surface area contributed by atoms with E-state index in [0.717, 1.165) is 49.3 Å². The Morgan fingerprint density at radius 3 is 2.28 bits per heavy atom. The Hall–Kier alpha value is -4.51. The molecular formula is C38H39Cl2N3O7. The van der Waals surface area contributed by atoms with Crippen molar-refractivity contribution >= 4 is 41.0 Å². The zero-order valence-electron chi connectivity index (χ0n) is 28.1. The number of pyridine rings is 1. The van der Waals surface area contributed by atoms with Gasteiger partial charge in [0.2, 0.25) is 0 Å². The molecule has 2 bridgehead atoms. The first-order valence-corrected chi connectivity index (χ1v) is 17.2. The molecule has 3 aliphatic rings. The number of aryl methyl sites for hydroxylation is 1. The molecule has 0 spiro atoms. The molecule has 3 aromatic carbocycles. The molecule has 12 heteroatoms. The molecule has 3 saturated heterocycles. The van der Waals surface area contributed by atoms with Gasteiger partial charge in [0.15, 0.2) is 23.9 Å². The maximum absolute atomic E-state index is 13.7. The van der Waals surface area contributed by atoms with E-state index >= 15 is 0 Å². The topological polar surface area (TPSA) is 104 Å². The Kier molecular flexibility index (Phi) is 11.0. The average Bonchev–Trinajstić information content (AvgIpc) is 3.11. The van der Waals surface area contributed by atoms with Gasteiger partial charge in [0.25, 0.3) is 0 Å². The first kappa shape index (κ1) is 35.3. The number of anilines is 1. The number of hydrogen-bond donors (Lipinski definition) is 0. The van der Waals surface area contributed by atoms with Crippen molar-refractivity contribution in [2.45, 2.75) is 44.9 Å². The van der Waals surface area contributed by atoms with Gasteiger partial charge in [0.1, 0.15) is 22.3 Å². The molecule has 4 aromatic rings. The molecule has 0 saturated carbocycles. The Labute approximate surface area is 301 Å². The Bertz CT molecular complexity index is 1820. The van der Waals surface area contributed by atoms with Crippen LogP contribution in [-0.2, 0) is 22.4 Å². The number of methoxy groups -OCH3 is 2. The highest BCUT2D eigenvalue weighted by Gasteiger charge is 2.37. The van der Waals surface area contributed by atoms with E-state index in [1.54, 1.807) is 47.4 Å². The lowest BCUT2D eigenvalue weighted by molar-refractivity contribution is -0.605. The van der Waals surface area contributed by atoms with Crippen molar-refractivity contribution in [3.05, 3.63) is 122 Å². The second kappa shape index (κ2) is 15.6. The van der Waals surface area contributed by atoms with Gasteiger partial charge in [-0.05, 0) is 91.9 Å². The lowest BCUT2D eigenvalue weighted by Crippen LogP contribution is -2.53. The SMILES string of the molecule is COc1ccc([C@H](Cc2c(Cl)c[n+]([O-])cc2Cl)OC(=O)c2ccc(CN(C(=O)O[C@H]3CN4CCC3CC4)c3cccc(C)c3)cc2)cc1OC. The molecule has 0 aliphatic carbocycles. The molecule has 7 rings (SSSR count). The van der Waals surface area contributed by atoms with Gasteiger partial charge in [0, 0.05) is 24.2 Å². The lowest BCUT2D eigenvalue weighted by atomic mass is 9.86. The molecule has 1 aromatic heterocycles. The molecule has 2 atom stereocenters. The van der Waals surface area contributed by atoms with Crippen LogP contribution in [0.3, 0.4) is 0 Å². The second-order valence-corrected chi connectivity index (χ2v) is 13.5. The van der Waals surface area contributed by atoms with Crippen LogP contribution < -0.4 is 19.1 Å². The number of halogens is 2. The molecule has 1 amide bonds. The number of carbonyl (C=O) groups excluding carboxylic acids is 2. The number of rotatable bonds is 11. The molecule has 50 heavy (non-hydrogen) atoms. The molecular weight excluding hydrogens is 681 g/mol. The standard InChI is InChI=1S/C38H39Cl2N3O7/c1-24-5-4-6-29(17-24)43(38(45)50-36-23-41-15-13-26(36)14-16-41)20-25-7-9-27(10-8-25)37(44)49-34(19-30-31(39)21-42(46)22-32(30)40)28-11-12-33(47-2)35(18-28)48-3/h4-12,17-18,21-22,26,34,36H,13-16,19-20,23H2,1-3H3/t34-,36-/m0/s1. The molecule has 0 N–H and O–H groups in total. The lowest BCUT2D eigenvalue weighted by Gasteiger charge is -2.44. The highest BCUT2D eigenvalue weighted by Crippen LogP contribution is 2.36. The van der Waals surface area contributed by atoms with Gasteiger partial charge in [-0.3, -0.25) is 9.80 Å². The first-order valence-electron chi connectivity index (χ1n) is 16.5. The number of nitrogens with zero attached hydrogens (tertiary/aromatic N) is 3. The summed E-state index contributed by atoms with van der Waals surface area (Å²) < 4.78 is 23.6. The summed E-state index contributed by atoms with van der Waals surface area (Å²) in [6.07, 6.45) is 3.19. The summed E-state index contributed by atoms with van der Waals surface area (Å²) in [5.74, 6) is 0.750. The van der Waals surface area contributed by atoms with Crippen LogP contribution in [0.15, 0.2) is 79.1 Å². The van der Waals surface area contributed by atoms with E-state index in [9.17, 15) is 14.8 Å². The molecule has 3 fully saturated rings. The molecule has 0 unspecified atom stereocenters. The average molecular weight is 721 g/mol. The summed E-state index contributed by atoms with van der Waals surface area (Å²) in [6.45, 7) is 5.10. The molecule has 262 valence electrons. The zero-order chi connectivity index (χ0) is 35.4. The van der Waals surface area contributed by atoms with E-state index in [1.807, 2.05) is 31.2 Å². The number of aromatic nitrogens is 1. The maximum atomic E-state index is 13.7. The Morgan fingerprint density at radius 2 is 1.66 bits per heavy atom. The zero-order valence-corrected chi connectivity index (χ0v) is 29.7. The van der Waals surface area contributed by atoms with E-state index in [2.05, 4.69) is 4.90 Å². The van der Waals surface area contributed by atoms with Gasteiger partial charge < -0.3 is 24.2 Å². The van der Waals surface area contributed by atoms with Crippen molar-refractivity contribution in [1.82, 2.24) is 4.90 Å². The van der Waals surface area contributed by atoms with Crippen LogP contribution in [-0.4, -0.2) is 56.9 Å². The quantitative estimate of drug-likeness (QED) is 0.0902.